The Bertz CT molecular complexity index is 631. The summed E-state index contributed by atoms with van der Waals surface area (Å²) in [5, 5.41) is 21.7. The number of hydrogen-bond acceptors (Lipinski definition) is 2. The normalized spacial score (nSPS) is 39.6. The van der Waals surface area contributed by atoms with E-state index in [9.17, 15) is 10.2 Å². The molecule has 30 heavy (non-hydrogen) atoms. The summed E-state index contributed by atoms with van der Waals surface area (Å²) < 4.78 is 0. The lowest BCUT2D eigenvalue weighted by molar-refractivity contribution is -0.0235. The zero-order valence-corrected chi connectivity index (χ0v) is 20.4. The molecule has 0 radical (unpaired) electrons. The number of fused-ring (bicyclic) bond motifs is 3. The molecule has 0 bridgehead atoms. The molecule has 0 heterocycles. The molecule has 2 N–H and O–H groups in total. The Morgan fingerprint density at radius 2 is 1.97 bits per heavy atom. The van der Waals surface area contributed by atoms with E-state index < -0.39 is 5.60 Å². The van der Waals surface area contributed by atoms with Crippen LogP contribution < -0.4 is 0 Å². The lowest BCUT2D eigenvalue weighted by atomic mass is 9.53. The highest BCUT2D eigenvalue weighted by Crippen LogP contribution is 2.57. The Hall–Kier alpha value is -0.600. The van der Waals surface area contributed by atoms with Crippen LogP contribution in [-0.2, 0) is 0 Å². The van der Waals surface area contributed by atoms with Crippen LogP contribution in [0, 0.1) is 35.0 Å². The monoisotopic (exact) mass is 416 g/mol. The third kappa shape index (κ3) is 5.07. The van der Waals surface area contributed by atoms with Gasteiger partial charge in [-0.1, -0.05) is 57.9 Å². The molecule has 0 saturated heterocycles. The molecule has 7 atom stereocenters. The number of rotatable bonds is 5. The van der Waals surface area contributed by atoms with Crippen LogP contribution in [0.25, 0.3) is 0 Å². The van der Waals surface area contributed by atoms with Gasteiger partial charge in [0.1, 0.15) is 0 Å². The van der Waals surface area contributed by atoms with E-state index in [1.807, 2.05) is 0 Å². The summed E-state index contributed by atoms with van der Waals surface area (Å²) >= 11 is 0. The summed E-state index contributed by atoms with van der Waals surface area (Å²) in [5.41, 5.74) is 2.73. The Balaban J connectivity index is 1.72. The second-order valence-corrected chi connectivity index (χ2v) is 11.9. The fourth-order valence-corrected chi connectivity index (χ4v) is 6.92. The van der Waals surface area contributed by atoms with Gasteiger partial charge >= 0.3 is 0 Å². The second-order valence-electron chi connectivity index (χ2n) is 11.9. The first kappa shape index (κ1) is 24.1. The van der Waals surface area contributed by atoms with E-state index in [1.54, 1.807) is 5.57 Å². The first-order valence-electron chi connectivity index (χ1n) is 12.8. The standard InChI is InChI=1S/C28H48O2/c1-19(2)20(3)14-17-28(6,30)22-8-7-9-26-25(21(4)10-11-22)13-12-23-18-24(29)15-16-27(23,26)5/h13,19,21-24,26,29-30H,3,7-12,14-18H2,1-2,4-6H3. The van der Waals surface area contributed by atoms with E-state index in [2.05, 4.69) is 47.3 Å². The van der Waals surface area contributed by atoms with Gasteiger partial charge in [0.2, 0.25) is 0 Å². The molecule has 0 spiro atoms. The highest BCUT2D eigenvalue weighted by Gasteiger charge is 2.48. The predicted octanol–water partition coefficient (Wildman–Crippen LogP) is 7.06. The minimum atomic E-state index is -0.594. The number of aliphatic hydroxyl groups excluding tert-OH is 1. The lowest BCUT2D eigenvalue weighted by Crippen LogP contribution is -2.45. The first-order chi connectivity index (χ1) is 14.0. The van der Waals surface area contributed by atoms with Crippen LogP contribution in [0.5, 0.6) is 0 Å². The molecule has 3 rings (SSSR count). The van der Waals surface area contributed by atoms with Crippen molar-refractivity contribution in [2.45, 2.75) is 117 Å². The van der Waals surface area contributed by atoms with Crippen molar-refractivity contribution in [3.8, 4) is 0 Å². The molecule has 2 heteroatoms. The van der Waals surface area contributed by atoms with Crippen molar-refractivity contribution in [1.82, 2.24) is 0 Å². The molecular weight excluding hydrogens is 368 g/mol. The molecule has 0 aromatic rings. The summed E-state index contributed by atoms with van der Waals surface area (Å²) in [6.45, 7) is 15.7. The maximum absolute atomic E-state index is 11.4. The van der Waals surface area contributed by atoms with Crippen molar-refractivity contribution in [2.75, 3.05) is 0 Å². The van der Waals surface area contributed by atoms with E-state index in [4.69, 9.17) is 0 Å². The number of aliphatic hydroxyl groups is 2. The van der Waals surface area contributed by atoms with Crippen molar-refractivity contribution in [3.05, 3.63) is 23.8 Å². The summed E-state index contributed by atoms with van der Waals surface area (Å²) in [6, 6.07) is 0. The van der Waals surface area contributed by atoms with Crippen molar-refractivity contribution in [1.29, 1.82) is 0 Å². The van der Waals surface area contributed by atoms with Crippen molar-refractivity contribution >= 4 is 0 Å². The second kappa shape index (κ2) is 9.49. The largest absolute Gasteiger partial charge is 0.393 e. The first-order valence-corrected chi connectivity index (χ1v) is 12.8. The van der Waals surface area contributed by atoms with Crippen LogP contribution in [0.15, 0.2) is 23.8 Å². The van der Waals surface area contributed by atoms with E-state index in [1.165, 1.54) is 31.3 Å². The molecule has 3 aliphatic rings. The molecule has 0 aromatic carbocycles. The third-order valence-electron chi connectivity index (χ3n) is 9.55. The van der Waals surface area contributed by atoms with Crippen LogP contribution in [0.4, 0.5) is 0 Å². The van der Waals surface area contributed by atoms with E-state index in [0.29, 0.717) is 35.0 Å². The number of allylic oxidation sites excluding steroid dienone is 3. The van der Waals surface area contributed by atoms with Gasteiger partial charge in [-0.15, -0.1) is 0 Å². The number of hydrogen-bond donors (Lipinski definition) is 2. The van der Waals surface area contributed by atoms with Gasteiger partial charge < -0.3 is 10.2 Å². The molecular formula is C28H48O2. The Kier molecular flexibility index (Phi) is 7.61. The molecule has 7 unspecified atom stereocenters. The maximum atomic E-state index is 11.4. The Morgan fingerprint density at radius 3 is 2.67 bits per heavy atom. The summed E-state index contributed by atoms with van der Waals surface area (Å²) in [7, 11) is 0. The Morgan fingerprint density at radius 1 is 1.23 bits per heavy atom. The SMILES string of the molecule is C=C(CCC(C)(O)C1CCCC2C(=CCC3CC(O)CCC32C)C(C)CC1)C(C)C. The van der Waals surface area contributed by atoms with Crippen LogP contribution in [0.3, 0.4) is 0 Å². The van der Waals surface area contributed by atoms with Gasteiger partial charge in [0.25, 0.3) is 0 Å². The smallest absolute Gasteiger partial charge is 0.0650 e. The van der Waals surface area contributed by atoms with E-state index in [-0.39, 0.29) is 6.10 Å². The van der Waals surface area contributed by atoms with Gasteiger partial charge in [-0.2, -0.15) is 0 Å². The zero-order chi connectivity index (χ0) is 22.1. The minimum absolute atomic E-state index is 0.0909. The molecule has 2 saturated carbocycles. The fourth-order valence-electron chi connectivity index (χ4n) is 6.92. The van der Waals surface area contributed by atoms with Gasteiger partial charge in [-0.25, -0.2) is 0 Å². The molecule has 3 aliphatic carbocycles. The van der Waals surface area contributed by atoms with Gasteiger partial charge in [-0.05, 0) is 106 Å². The third-order valence-corrected chi connectivity index (χ3v) is 9.55. The summed E-state index contributed by atoms with van der Waals surface area (Å²) in [5.74, 6) is 2.81. The van der Waals surface area contributed by atoms with Gasteiger partial charge in [0.05, 0.1) is 11.7 Å². The van der Waals surface area contributed by atoms with Crippen molar-refractivity contribution in [2.24, 2.45) is 35.0 Å². The maximum Gasteiger partial charge on any atom is 0.0650 e. The van der Waals surface area contributed by atoms with Crippen molar-refractivity contribution in [3.63, 3.8) is 0 Å². The molecule has 0 aromatic heterocycles. The lowest BCUT2D eigenvalue weighted by Gasteiger charge is -2.52. The highest BCUT2D eigenvalue weighted by atomic mass is 16.3. The highest BCUT2D eigenvalue weighted by molar-refractivity contribution is 5.21. The fraction of sp³-hybridized carbons (Fsp3) is 0.857. The van der Waals surface area contributed by atoms with E-state index >= 15 is 0 Å². The Labute approximate surface area is 186 Å². The average Bonchev–Trinajstić information content (AvgIpc) is 2.76. The minimum Gasteiger partial charge on any atom is -0.393 e. The quantitative estimate of drug-likeness (QED) is 0.471. The van der Waals surface area contributed by atoms with Gasteiger partial charge in [0, 0.05) is 0 Å². The molecule has 0 aliphatic heterocycles. The topological polar surface area (TPSA) is 40.5 Å². The summed E-state index contributed by atoms with van der Waals surface area (Å²) in [6.07, 6.45) is 14.5. The van der Waals surface area contributed by atoms with Crippen LogP contribution in [-0.4, -0.2) is 21.9 Å². The predicted molar refractivity (Wildman–Crippen MR) is 127 cm³/mol. The van der Waals surface area contributed by atoms with Crippen molar-refractivity contribution < 1.29 is 10.2 Å². The molecule has 172 valence electrons. The summed E-state index contributed by atoms with van der Waals surface area (Å²) in [4.78, 5) is 0. The van der Waals surface area contributed by atoms with Gasteiger partial charge in [0.15, 0.2) is 0 Å². The molecule has 2 fully saturated rings. The van der Waals surface area contributed by atoms with Gasteiger partial charge in [-0.3, -0.25) is 0 Å². The van der Waals surface area contributed by atoms with Crippen LogP contribution >= 0.6 is 0 Å². The molecule has 0 amide bonds. The average molecular weight is 417 g/mol. The van der Waals surface area contributed by atoms with E-state index in [0.717, 1.165) is 44.9 Å². The molecule has 2 nitrogen and oxygen atoms in total. The zero-order valence-electron chi connectivity index (χ0n) is 20.4. The van der Waals surface area contributed by atoms with Crippen LogP contribution in [0.1, 0.15) is 105 Å². The van der Waals surface area contributed by atoms with Crippen LogP contribution in [0.2, 0.25) is 0 Å².